The van der Waals surface area contributed by atoms with Crippen LogP contribution in [0.2, 0.25) is 0 Å². The Balaban J connectivity index is 2.49. The van der Waals surface area contributed by atoms with E-state index in [9.17, 15) is 0 Å². The zero-order valence-electron chi connectivity index (χ0n) is 10.5. The van der Waals surface area contributed by atoms with Crippen molar-refractivity contribution in [2.24, 2.45) is 0 Å². The van der Waals surface area contributed by atoms with E-state index in [1.165, 1.54) is 0 Å². The van der Waals surface area contributed by atoms with E-state index in [-0.39, 0.29) is 0 Å². The van der Waals surface area contributed by atoms with E-state index < -0.39 is 0 Å². The van der Waals surface area contributed by atoms with Crippen LogP contribution in [0.5, 0.6) is 0 Å². The number of aryl methyl sites for hydroxylation is 1. The first-order chi connectivity index (χ1) is 8.61. The van der Waals surface area contributed by atoms with Gasteiger partial charge in [0.15, 0.2) is 0 Å². The lowest BCUT2D eigenvalue weighted by molar-refractivity contribution is 1.38. The van der Waals surface area contributed by atoms with Crippen LogP contribution in [0.25, 0.3) is 11.1 Å². The van der Waals surface area contributed by atoms with Crippen molar-refractivity contribution >= 4 is 5.71 Å². The van der Waals surface area contributed by atoms with E-state index in [4.69, 9.17) is 10.7 Å². The fraction of sp³-hybridized carbons (Fsp3) is 0.125. The maximum absolute atomic E-state index is 8.90. The third-order valence-electron chi connectivity index (χ3n) is 2.96. The van der Waals surface area contributed by atoms with Gasteiger partial charge in [-0.15, -0.1) is 0 Å². The van der Waals surface area contributed by atoms with Crippen LogP contribution < -0.4 is 0 Å². The van der Waals surface area contributed by atoms with Crippen LogP contribution in [0, 0.1) is 23.7 Å². The molecule has 0 aromatic heterocycles. The van der Waals surface area contributed by atoms with Gasteiger partial charge < -0.3 is 5.41 Å². The molecule has 2 heteroatoms. The second-order valence-corrected chi connectivity index (χ2v) is 4.35. The highest BCUT2D eigenvalue weighted by Crippen LogP contribution is 2.23. The highest BCUT2D eigenvalue weighted by molar-refractivity contribution is 5.98. The summed E-state index contributed by atoms with van der Waals surface area (Å²) in [6.07, 6.45) is 0. The number of nitriles is 1. The first-order valence-corrected chi connectivity index (χ1v) is 5.78. The molecule has 18 heavy (non-hydrogen) atoms. The summed E-state index contributed by atoms with van der Waals surface area (Å²) in [4.78, 5) is 0. The molecule has 0 radical (unpaired) electrons. The highest BCUT2D eigenvalue weighted by atomic mass is 14.4. The van der Waals surface area contributed by atoms with Crippen LogP contribution in [-0.2, 0) is 0 Å². The van der Waals surface area contributed by atoms with Crippen molar-refractivity contribution in [1.82, 2.24) is 0 Å². The molecule has 2 rings (SSSR count). The molecule has 0 saturated carbocycles. The van der Waals surface area contributed by atoms with Gasteiger partial charge in [-0.3, -0.25) is 0 Å². The van der Waals surface area contributed by atoms with Gasteiger partial charge in [0.05, 0.1) is 11.6 Å². The van der Waals surface area contributed by atoms with E-state index in [1.54, 1.807) is 13.0 Å². The predicted molar refractivity (Wildman–Crippen MR) is 73.8 cm³/mol. The third kappa shape index (κ3) is 2.31. The summed E-state index contributed by atoms with van der Waals surface area (Å²) in [6.45, 7) is 3.79. The summed E-state index contributed by atoms with van der Waals surface area (Å²) >= 11 is 0. The summed E-state index contributed by atoms with van der Waals surface area (Å²) in [5.41, 5.74) is 5.40. The molecule has 0 aliphatic heterocycles. The van der Waals surface area contributed by atoms with Gasteiger partial charge in [0, 0.05) is 5.71 Å². The Hall–Kier alpha value is -2.40. The molecule has 2 aromatic carbocycles. The lowest BCUT2D eigenvalue weighted by Gasteiger charge is -2.08. The van der Waals surface area contributed by atoms with E-state index in [0.717, 1.165) is 22.3 Å². The lowest BCUT2D eigenvalue weighted by Crippen LogP contribution is -1.96. The normalized spacial score (nSPS) is 9.83. The van der Waals surface area contributed by atoms with Crippen molar-refractivity contribution in [3.05, 3.63) is 59.2 Å². The van der Waals surface area contributed by atoms with Crippen molar-refractivity contribution in [3.8, 4) is 17.2 Å². The Bertz CT molecular complexity index is 648. The zero-order chi connectivity index (χ0) is 13.1. The summed E-state index contributed by atoms with van der Waals surface area (Å²) in [5, 5.41) is 16.6. The number of benzene rings is 2. The van der Waals surface area contributed by atoms with Crippen LogP contribution in [0.15, 0.2) is 42.5 Å². The first kappa shape index (κ1) is 12.1. The van der Waals surface area contributed by atoms with Gasteiger partial charge >= 0.3 is 0 Å². The Morgan fingerprint density at radius 2 is 1.83 bits per heavy atom. The van der Waals surface area contributed by atoms with E-state index in [0.29, 0.717) is 11.3 Å². The fourth-order valence-corrected chi connectivity index (χ4v) is 2.03. The van der Waals surface area contributed by atoms with Gasteiger partial charge in [-0.2, -0.15) is 5.26 Å². The first-order valence-electron chi connectivity index (χ1n) is 5.78. The topological polar surface area (TPSA) is 47.6 Å². The molecule has 88 valence electrons. The maximum atomic E-state index is 8.90. The molecule has 2 nitrogen and oxygen atoms in total. The van der Waals surface area contributed by atoms with Gasteiger partial charge in [0.2, 0.25) is 0 Å². The Morgan fingerprint density at radius 1 is 1.11 bits per heavy atom. The molecule has 0 atom stereocenters. The number of rotatable bonds is 2. The Labute approximate surface area is 107 Å². The predicted octanol–water partition coefficient (Wildman–Crippen LogP) is 3.92. The molecule has 0 aliphatic rings. The van der Waals surface area contributed by atoms with Crippen molar-refractivity contribution in [2.75, 3.05) is 0 Å². The molecule has 0 amide bonds. The Kier molecular flexibility index (Phi) is 3.25. The van der Waals surface area contributed by atoms with Crippen LogP contribution in [0.1, 0.15) is 23.6 Å². The quantitative estimate of drug-likeness (QED) is 0.786. The molecule has 1 N–H and O–H groups in total. The summed E-state index contributed by atoms with van der Waals surface area (Å²) < 4.78 is 0. The SMILES string of the molecule is CC(=N)c1ccc(-c2cccc(C#N)c2)cc1C. The lowest BCUT2D eigenvalue weighted by atomic mass is 9.97. The molecule has 0 saturated heterocycles. The van der Waals surface area contributed by atoms with Crippen molar-refractivity contribution in [1.29, 1.82) is 10.7 Å². The molecule has 0 spiro atoms. The molecule has 0 fully saturated rings. The molecular weight excluding hydrogens is 220 g/mol. The average Bonchev–Trinajstić information content (AvgIpc) is 2.38. The largest absolute Gasteiger partial charge is 0.305 e. The molecule has 0 heterocycles. The van der Waals surface area contributed by atoms with Gasteiger partial charge in [-0.05, 0) is 48.2 Å². The molecular formula is C16H14N2. The van der Waals surface area contributed by atoms with Crippen LogP contribution >= 0.6 is 0 Å². The Morgan fingerprint density at radius 3 is 2.44 bits per heavy atom. The second kappa shape index (κ2) is 4.85. The van der Waals surface area contributed by atoms with Gasteiger partial charge in [0.1, 0.15) is 0 Å². The van der Waals surface area contributed by atoms with Crippen molar-refractivity contribution in [3.63, 3.8) is 0 Å². The van der Waals surface area contributed by atoms with Gasteiger partial charge in [-0.1, -0.05) is 30.3 Å². The van der Waals surface area contributed by atoms with E-state index >= 15 is 0 Å². The smallest absolute Gasteiger partial charge is 0.0991 e. The average molecular weight is 234 g/mol. The minimum atomic E-state index is 0.574. The van der Waals surface area contributed by atoms with Crippen LogP contribution in [-0.4, -0.2) is 5.71 Å². The fourth-order valence-electron chi connectivity index (χ4n) is 2.03. The standard InChI is InChI=1S/C16H14N2/c1-11-8-15(6-7-16(11)12(2)18)14-5-3-4-13(9-14)10-17/h3-9,18H,1-2H3. The minimum absolute atomic E-state index is 0.574. The van der Waals surface area contributed by atoms with Crippen LogP contribution in [0.4, 0.5) is 0 Å². The molecule has 0 unspecified atom stereocenters. The number of hydrogen-bond donors (Lipinski definition) is 1. The highest BCUT2D eigenvalue weighted by Gasteiger charge is 2.04. The maximum Gasteiger partial charge on any atom is 0.0991 e. The van der Waals surface area contributed by atoms with Gasteiger partial charge in [-0.25, -0.2) is 0 Å². The number of nitrogens with one attached hydrogen (secondary N) is 1. The summed E-state index contributed by atoms with van der Waals surface area (Å²) in [5.74, 6) is 0. The monoisotopic (exact) mass is 234 g/mol. The second-order valence-electron chi connectivity index (χ2n) is 4.35. The number of nitrogens with zero attached hydrogens (tertiary/aromatic N) is 1. The molecule has 0 bridgehead atoms. The summed E-state index contributed by atoms with van der Waals surface area (Å²) in [6, 6.07) is 15.7. The molecule has 2 aromatic rings. The number of hydrogen-bond acceptors (Lipinski definition) is 2. The van der Waals surface area contributed by atoms with Crippen molar-refractivity contribution in [2.45, 2.75) is 13.8 Å². The third-order valence-corrected chi connectivity index (χ3v) is 2.96. The van der Waals surface area contributed by atoms with Crippen molar-refractivity contribution < 1.29 is 0 Å². The van der Waals surface area contributed by atoms with Crippen LogP contribution in [0.3, 0.4) is 0 Å². The zero-order valence-corrected chi connectivity index (χ0v) is 10.5. The van der Waals surface area contributed by atoms with Gasteiger partial charge in [0.25, 0.3) is 0 Å². The van der Waals surface area contributed by atoms with E-state index in [2.05, 4.69) is 12.1 Å². The summed E-state index contributed by atoms with van der Waals surface area (Å²) in [7, 11) is 0. The molecule has 0 aliphatic carbocycles. The minimum Gasteiger partial charge on any atom is -0.305 e. The van der Waals surface area contributed by atoms with E-state index in [1.807, 2.05) is 37.3 Å².